The summed E-state index contributed by atoms with van der Waals surface area (Å²) in [5.74, 6) is 3.33. The van der Waals surface area contributed by atoms with Gasteiger partial charge >= 0.3 is 0 Å². The van der Waals surface area contributed by atoms with Crippen molar-refractivity contribution < 1.29 is 9.84 Å². The molecule has 1 aromatic carbocycles. The molecule has 0 aromatic heterocycles. The topological polar surface area (TPSA) is 41.5 Å². The average molecular weight is 261 g/mol. The SMILES string of the molecule is C#CCOc1ccccc1CNCCCCCCO. The van der Waals surface area contributed by atoms with Crippen molar-refractivity contribution in [3.05, 3.63) is 29.8 Å². The summed E-state index contributed by atoms with van der Waals surface area (Å²) in [6.07, 6.45) is 9.49. The monoisotopic (exact) mass is 261 g/mol. The zero-order chi connectivity index (χ0) is 13.8. The Balaban J connectivity index is 2.23. The molecule has 1 rings (SSSR count). The molecule has 2 N–H and O–H groups in total. The third-order valence-electron chi connectivity index (χ3n) is 2.86. The zero-order valence-electron chi connectivity index (χ0n) is 11.4. The van der Waals surface area contributed by atoms with E-state index in [2.05, 4.69) is 11.2 Å². The van der Waals surface area contributed by atoms with Gasteiger partial charge in [0.25, 0.3) is 0 Å². The van der Waals surface area contributed by atoms with E-state index in [1.807, 2.05) is 24.3 Å². The van der Waals surface area contributed by atoms with Gasteiger partial charge in [-0.05, 0) is 25.5 Å². The number of ether oxygens (including phenoxy) is 1. The van der Waals surface area contributed by atoms with Crippen molar-refractivity contribution in [3.63, 3.8) is 0 Å². The Morgan fingerprint density at radius 3 is 2.74 bits per heavy atom. The predicted molar refractivity (Wildman–Crippen MR) is 78.0 cm³/mol. The number of aliphatic hydroxyl groups excluding tert-OH is 1. The van der Waals surface area contributed by atoms with Gasteiger partial charge in [0.05, 0.1) is 0 Å². The van der Waals surface area contributed by atoms with Crippen LogP contribution in [0.5, 0.6) is 5.75 Å². The Kier molecular flexibility index (Phi) is 8.54. The molecule has 0 atom stereocenters. The summed E-state index contributed by atoms with van der Waals surface area (Å²) >= 11 is 0. The van der Waals surface area contributed by atoms with Crippen LogP contribution in [0.4, 0.5) is 0 Å². The Labute approximate surface area is 116 Å². The molecule has 0 fully saturated rings. The van der Waals surface area contributed by atoms with E-state index in [4.69, 9.17) is 16.3 Å². The van der Waals surface area contributed by atoms with Crippen molar-refractivity contribution in [1.29, 1.82) is 0 Å². The smallest absolute Gasteiger partial charge is 0.148 e. The van der Waals surface area contributed by atoms with Crippen molar-refractivity contribution in [1.82, 2.24) is 5.32 Å². The number of unbranched alkanes of at least 4 members (excludes halogenated alkanes) is 3. The number of hydrogen-bond acceptors (Lipinski definition) is 3. The lowest BCUT2D eigenvalue weighted by Crippen LogP contribution is -2.15. The molecular formula is C16H23NO2. The third kappa shape index (κ3) is 6.85. The summed E-state index contributed by atoms with van der Waals surface area (Å²) in [4.78, 5) is 0. The molecule has 0 saturated heterocycles. The Morgan fingerprint density at radius 1 is 1.16 bits per heavy atom. The molecule has 0 aliphatic heterocycles. The van der Waals surface area contributed by atoms with Crippen LogP contribution < -0.4 is 10.1 Å². The first-order chi connectivity index (χ1) is 9.38. The van der Waals surface area contributed by atoms with E-state index < -0.39 is 0 Å². The van der Waals surface area contributed by atoms with Crippen LogP contribution in [0.15, 0.2) is 24.3 Å². The number of nitrogens with one attached hydrogen (secondary N) is 1. The van der Waals surface area contributed by atoms with E-state index in [1.165, 1.54) is 0 Å². The highest BCUT2D eigenvalue weighted by Gasteiger charge is 2.01. The molecule has 3 nitrogen and oxygen atoms in total. The van der Waals surface area contributed by atoms with E-state index in [0.29, 0.717) is 13.2 Å². The first-order valence-electron chi connectivity index (χ1n) is 6.84. The number of benzene rings is 1. The number of aliphatic hydroxyl groups is 1. The second-order valence-corrected chi connectivity index (χ2v) is 4.42. The quantitative estimate of drug-likeness (QED) is 0.502. The summed E-state index contributed by atoms with van der Waals surface area (Å²) in [6, 6.07) is 7.94. The maximum atomic E-state index is 8.68. The molecule has 0 amide bonds. The van der Waals surface area contributed by atoms with Gasteiger partial charge in [-0.25, -0.2) is 0 Å². The molecule has 1 aromatic rings. The van der Waals surface area contributed by atoms with Crippen LogP contribution in [-0.2, 0) is 6.54 Å². The van der Waals surface area contributed by atoms with E-state index >= 15 is 0 Å². The second kappa shape index (κ2) is 10.4. The fraction of sp³-hybridized carbons (Fsp3) is 0.500. The average Bonchev–Trinajstić information content (AvgIpc) is 2.45. The van der Waals surface area contributed by atoms with Gasteiger partial charge in [0.15, 0.2) is 0 Å². The van der Waals surface area contributed by atoms with Crippen LogP contribution in [0, 0.1) is 12.3 Å². The summed E-state index contributed by atoms with van der Waals surface area (Å²) < 4.78 is 5.49. The van der Waals surface area contributed by atoms with Crippen molar-refractivity contribution in [2.45, 2.75) is 32.2 Å². The van der Waals surface area contributed by atoms with Crippen molar-refractivity contribution in [2.24, 2.45) is 0 Å². The summed E-state index contributed by atoms with van der Waals surface area (Å²) in [7, 11) is 0. The van der Waals surface area contributed by atoms with Crippen LogP contribution in [0.2, 0.25) is 0 Å². The highest BCUT2D eigenvalue weighted by atomic mass is 16.5. The molecule has 3 heteroatoms. The maximum Gasteiger partial charge on any atom is 0.148 e. The number of terminal acetylenes is 1. The van der Waals surface area contributed by atoms with Gasteiger partial charge in [-0.3, -0.25) is 0 Å². The molecule has 0 spiro atoms. The minimum Gasteiger partial charge on any atom is -0.481 e. The lowest BCUT2D eigenvalue weighted by Gasteiger charge is -2.10. The first kappa shape index (κ1) is 15.6. The molecule has 19 heavy (non-hydrogen) atoms. The summed E-state index contributed by atoms with van der Waals surface area (Å²) in [6.45, 7) is 2.38. The molecular weight excluding hydrogens is 238 g/mol. The van der Waals surface area contributed by atoms with Crippen LogP contribution in [0.1, 0.15) is 31.2 Å². The van der Waals surface area contributed by atoms with Gasteiger partial charge in [-0.15, -0.1) is 6.42 Å². The van der Waals surface area contributed by atoms with E-state index in [0.717, 1.165) is 50.1 Å². The number of hydrogen-bond donors (Lipinski definition) is 2. The minimum atomic E-state index is 0.299. The fourth-order valence-corrected chi connectivity index (χ4v) is 1.85. The van der Waals surface area contributed by atoms with Crippen molar-refractivity contribution in [3.8, 4) is 18.1 Å². The Hall–Kier alpha value is -1.50. The van der Waals surface area contributed by atoms with Gasteiger partial charge in [0.1, 0.15) is 12.4 Å². The lowest BCUT2D eigenvalue weighted by atomic mass is 10.2. The van der Waals surface area contributed by atoms with E-state index in [9.17, 15) is 0 Å². The van der Waals surface area contributed by atoms with Crippen molar-refractivity contribution in [2.75, 3.05) is 19.8 Å². The van der Waals surface area contributed by atoms with Gasteiger partial charge in [-0.1, -0.05) is 37.0 Å². The zero-order valence-corrected chi connectivity index (χ0v) is 11.4. The van der Waals surface area contributed by atoms with Crippen LogP contribution in [0.3, 0.4) is 0 Å². The highest BCUT2D eigenvalue weighted by molar-refractivity contribution is 5.33. The van der Waals surface area contributed by atoms with Crippen LogP contribution in [0.25, 0.3) is 0 Å². The van der Waals surface area contributed by atoms with Gasteiger partial charge in [0.2, 0.25) is 0 Å². The third-order valence-corrected chi connectivity index (χ3v) is 2.86. The maximum absolute atomic E-state index is 8.68. The molecule has 0 aliphatic rings. The van der Waals surface area contributed by atoms with E-state index in [1.54, 1.807) is 0 Å². The first-order valence-corrected chi connectivity index (χ1v) is 6.84. The van der Waals surface area contributed by atoms with Gasteiger partial charge in [-0.2, -0.15) is 0 Å². The van der Waals surface area contributed by atoms with Crippen LogP contribution >= 0.6 is 0 Å². The molecule has 0 saturated carbocycles. The molecule has 104 valence electrons. The largest absolute Gasteiger partial charge is 0.481 e. The van der Waals surface area contributed by atoms with Crippen molar-refractivity contribution >= 4 is 0 Å². The van der Waals surface area contributed by atoms with Gasteiger partial charge < -0.3 is 15.2 Å². The normalized spacial score (nSPS) is 10.1. The Bertz CT molecular complexity index is 385. The lowest BCUT2D eigenvalue weighted by molar-refractivity contribution is 0.282. The second-order valence-electron chi connectivity index (χ2n) is 4.42. The van der Waals surface area contributed by atoms with Crippen LogP contribution in [-0.4, -0.2) is 24.9 Å². The molecule has 0 heterocycles. The number of rotatable bonds is 10. The van der Waals surface area contributed by atoms with E-state index in [-0.39, 0.29) is 0 Å². The highest BCUT2D eigenvalue weighted by Crippen LogP contribution is 2.17. The molecule has 0 unspecified atom stereocenters. The van der Waals surface area contributed by atoms with Gasteiger partial charge in [0, 0.05) is 18.7 Å². The standard InChI is InChI=1S/C16H23NO2/c1-2-13-19-16-10-6-5-9-15(16)14-17-11-7-3-4-8-12-18/h1,5-6,9-10,17-18H,3-4,7-8,11-14H2. The summed E-state index contributed by atoms with van der Waals surface area (Å²) in [5, 5.41) is 12.1. The fourth-order valence-electron chi connectivity index (χ4n) is 1.85. The Morgan fingerprint density at radius 2 is 1.95 bits per heavy atom. The molecule has 0 aliphatic carbocycles. The number of para-hydroxylation sites is 1. The molecule has 0 radical (unpaired) electrons. The predicted octanol–water partition coefficient (Wildman–Crippen LogP) is 2.34. The summed E-state index contributed by atoms with van der Waals surface area (Å²) in [5.41, 5.74) is 1.13. The minimum absolute atomic E-state index is 0.299. The molecule has 0 bridgehead atoms.